The maximum Gasteiger partial charge on any atom is 0.320 e. The molecule has 26 heavy (non-hydrogen) atoms. The quantitative estimate of drug-likeness (QED) is 0.585. The molecule has 0 saturated heterocycles. The van der Waals surface area contributed by atoms with Crippen molar-refractivity contribution in [1.82, 2.24) is 15.1 Å². The summed E-state index contributed by atoms with van der Waals surface area (Å²) in [6, 6.07) is 12.1. The molecular weight excluding hydrogens is 348 g/mol. The first-order valence-corrected chi connectivity index (χ1v) is 9.10. The molecule has 2 N–H and O–H groups in total. The van der Waals surface area contributed by atoms with Crippen LogP contribution in [-0.4, -0.2) is 42.3 Å². The van der Waals surface area contributed by atoms with Crippen molar-refractivity contribution in [3.8, 4) is 16.8 Å². The van der Waals surface area contributed by atoms with E-state index in [0.717, 1.165) is 35.8 Å². The van der Waals surface area contributed by atoms with E-state index in [1.165, 1.54) is 11.3 Å². The number of anilines is 3. The summed E-state index contributed by atoms with van der Waals surface area (Å²) in [6.45, 7) is 1.96. The first-order chi connectivity index (χ1) is 12.6. The van der Waals surface area contributed by atoms with E-state index in [2.05, 4.69) is 45.9 Å². The van der Waals surface area contributed by atoms with E-state index in [1.807, 2.05) is 24.3 Å². The van der Waals surface area contributed by atoms with Gasteiger partial charge < -0.3 is 20.0 Å². The Morgan fingerprint density at radius 1 is 1.23 bits per heavy atom. The van der Waals surface area contributed by atoms with Crippen LogP contribution >= 0.6 is 11.3 Å². The fourth-order valence-corrected chi connectivity index (χ4v) is 3.09. The molecule has 3 rings (SSSR count). The predicted molar refractivity (Wildman–Crippen MR) is 104 cm³/mol. The van der Waals surface area contributed by atoms with E-state index < -0.39 is 0 Å². The second kappa shape index (κ2) is 8.47. The highest BCUT2D eigenvalue weighted by atomic mass is 32.1. The van der Waals surface area contributed by atoms with Crippen molar-refractivity contribution >= 4 is 28.7 Å². The average Bonchev–Trinajstić information content (AvgIpc) is 3.28. The molecule has 0 radical (unpaired) electrons. The number of hydrogen-bond donors (Lipinski definition) is 2. The summed E-state index contributed by atoms with van der Waals surface area (Å²) < 4.78 is 5.64. The largest absolute Gasteiger partial charge is 0.402 e. The Hall–Kier alpha value is -2.89. The van der Waals surface area contributed by atoms with Gasteiger partial charge in [-0.1, -0.05) is 11.2 Å². The predicted octanol–water partition coefficient (Wildman–Crippen LogP) is 3.78. The van der Waals surface area contributed by atoms with Gasteiger partial charge in [-0.15, -0.1) is 16.4 Å². The molecule has 0 aliphatic heterocycles. The summed E-state index contributed by atoms with van der Waals surface area (Å²) in [7, 11) is 4.14. The van der Waals surface area contributed by atoms with E-state index in [1.54, 1.807) is 11.4 Å². The summed E-state index contributed by atoms with van der Waals surface area (Å²) in [5, 5.41) is 25.2. The standard InChI is InChI=1S/C18H20N6OS/c1-24(2)8-4-7-20-14-5-3-6-15(10-14)21-18-23-22-17(25-18)16-9-13(11-19)12-26-16/h3,5-6,9-10,12,20H,4,7-8H2,1-2H3,(H,21,23). The first-order valence-electron chi connectivity index (χ1n) is 8.22. The Morgan fingerprint density at radius 2 is 2.08 bits per heavy atom. The molecule has 0 spiro atoms. The molecule has 2 aromatic heterocycles. The van der Waals surface area contributed by atoms with Gasteiger partial charge in [0.05, 0.1) is 10.4 Å². The fraction of sp³-hybridized carbons (Fsp3) is 0.278. The highest BCUT2D eigenvalue weighted by Gasteiger charge is 2.11. The van der Waals surface area contributed by atoms with Gasteiger partial charge in [-0.25, -0.2) is 0 Å². The van der Waals surface area contributed by atoms with Crippen molar-refractivity contribution in [3.05, 3.63) is 41.3 Å². The second-order valence-electron chi connectivity index (χ2n) is 6.01. The summed E-state index contributed by atoms with van der Waals surface area (Å²) >= 11 is 1.40. The molecule has 8 heteroatoms. The normalized spacial score (nSPS) is 10.7. The summed E-state index contributed by atoms with van der Waals surface area (Å²) in [5.41, 5.74) is 2.48. The number of thiophene rings is 1. The number of rotatable bonds is 8. The first kappa shape index (κ1) is 17.9. The third-order valence-electron chi connectivity index (χ3n) is 3.59. The number of nitrogens with zero attached hydrogens (tertiary/aromatic N) is 4. The minimum absolute atomic E-state index is 0.316. The summed E-state index contributed by atoms with van der Waals surface area (Å²) in [6.07, 6.45) is 1.07. The number of benzene rings is 1. The van der Waals surface area contributed by atoms with E-state index in [9.17, 15) is 0 Å². The third-order valence-corrected chi connectivity index (χ3v) is 4.51. The molecule has 1 aromatic carbocycles. The van der Waals surface area contributed by atoms with Crippen LogP contribution in [0.5, 0.6) is 0 Å². The Morgan fingerprint density at radius 3 is 2.85 bits per heavy atom. The van der Waals surface area contributed by atoms with Crippen LogP contribution in [0.3, 0.4) is 0 Å². The van der Waals surface area contributed by atoms with Crippen LogP contribution < -0.4 is 10.6 Å². The van der Waals surface area contributed by atoms with Crippen molar-refractivity contribution in [3.63, 3.8) is 0 Å². The van der Waals surface area contributed by atoms with Gasteiger partial charge in [0.1, 0.15) is 6.07 Å². The monoisotopic (exact) mass is 368 g/mol. The van der Waals surface area contributed by atoms with Crippen LogP contribution in [0.1, 0.15) is 12.0 Å². The Kier molecular flexibility index (Phi) is 5.84. The summed E-state index contributed by atoms with van der Waals surface area (Å²) in [5.74, 6) is 0.400. The zero-order valence-electron chi connectivity index (χ0n) is 14.7. The molecule has 0 unspecified atom stereocenters. The van der Waals surface area contributed by atoms with Crippen LogP contribution in [0.4, 0.5) is 17.4 Å². The molecule has 0 atom stereocenters. The van der Waals surface area contributed by atoms with Crippen molar-refractivity contribution in [2.24, 2.45) is 0 Å². The Bertz CT molecular complexity index is 895. The molecule has 0 aliphatic rings. The van der Waals surface area contributed by atoms with Crippen LogP contribution in [0.25, 0.3) is 10.8 Å². The van der Waals surface area contributed by atoms with E-state index >= 15 is 0 Å². The van der Waals surface area contributed by atoms with E-state index in [-0.39, 0.29) is 0 Å². The zero-order chi connectivity index (χ0) is 18.4. The van der Waals surface area contributed by atoms with Gasteiger partial charge in [-0.05, 0) is 51.3 Å². The Labute approximate surface area is 156 Å². The molecule has 2 heterocycles. The zero-order valence-corrected chi connectivity index (χ0v) is 15.5. The molecule has 134 valence electrons. The highest BCUT2D eigenvalue weighted by molar-refractivity contribution is 7.13. The average molecular weight is 368 g/mol. The topological polar surface area (TPSA) is 90.0 Å². The van der Waals surface area contributed by atoms with Crippen LogP contribution in [-0.2, 0) is 0 Å². The lowest BCUT2D eigenvalue weighted by atomic mass is 10.2. The summed E-state index contributed by atoms with van der Waals surface area (Å²) in [4.78, 5) is 2.94. The lowest BCUT2D eigenvalue weighted by Crippen LogP contribution is -2.16. The SMILES string of the molecule is CN(C)CCCNc1cccc(Nc2nnc(-c3cc(C#N)cs3)o2)c1. The number of aromatic nitrogens is 2. The van der Waals surface area contributed by atoms with Crippen molar-refractivity contribution in [1.29, 1.82) is 5.26 Å². The number of nitriles is 1. The molecule has 0 saturated carbocycles. The van der Waals surface area contributed by atoms with Gasteiger partial charge in [-0.3, -0.25) is 0 Å². The molecule has 7 nitrogen and oxygen atoms in total. The number of nitrogens with one attached hydrogen (secondary N) is 2. The third kappa shape index (κ3) is 4.81. The van der Waals surface area contributed by atoms with E-state index in [4.69, 9.17) is 9.68 Å². The highest BCUT2D eigenvalue weighted by Crippen LogP contribution is 2.28. The van der Waals surface area contributed by atoms with E-state index in [0.29, 0.717) is 17.5 Å². The minimum Gasteiger partial charge on any atom is -0.402 e. The van der Waals surface area contributed by atoms with Crippen molar-refractivity contribution < 1.29 is 4.42 Å². The van der Waals surface area contributed by atoms with Crippen LogP contribution in [0.2, 0.25) is 0 Å². The van der Waals surface area contributed by atoms with Gasteiger partial charge in [0.15, 0.2) is 0 Å². The smallest absolute Gasteiger partial charge is 0.320 e. The second-order valence-corrected chi connectivity index (χ2v) is 6.92. The van der Waals surface area contributed by atoms with Gasteiger partial charge in [0, 0.05) is 23.3 Å². The molecular formula is C18H20N6OS. The molecule has 0 aliphatic carbocycles. The van der Waals surface area contributed by atoms with Crippen LogP contribution in [0, 0.1) is 11.3 Å². The fourth-order valence-electron chi connectivity index (χ4n) is 2.34. The molecule has 0 bridgehead atoms. The maximum absolute atomic E-state index is 8.90. The van der Waals surface area contributed by atoms with Crippen LogP contribution in [0.15, 0.2) is 40.1 Å². The van der Waals surface area contributed by atoms with Gasteiger partial charge in [0.25, 0.3) is 5.89 Å². The van der Waals surface area contributed by atoms with Gasteiger partial charge in [0.2, 0.25) is 0 Å². The van der Waals surface area contributed by atoms with Gasteiger partial charge >= 0.3 is 6.01 Å². The van der Waals surface area contributed by atoms with Gasteiger partial charge in [-0.2, -0.15) is 5.26 Å². The maximum atomic E-state index is 8.90. The lowest BCUT2D eigenvalue weighted by molar-refractivity contribution is 0.405. The number of hydrogen-bond acceptors (Lipinski definition) is 8. The Balaban J connectivity index is 1.60. The molecule has 0 amide bonds. The van der Waals surface area contributed by atoms with Crippen molar-refractivity contribution in [2.45, 2.75) is 6.42 Å². The lowest BCUT2D eigenvalue weighted by Gasteiger charge is -2.11. The molecule has 3 aromatic rings. The minimum atomic E-state index is 0.316. The molecule has 0 fully saturated rings. The van der Waals surface area contributed by atoms with Crippen molar-refractivity contribution in [2.75, 3.05) is 37.8 Å².